The van der Waals surface area contributed by atoms with E-state index in [1.54, 1.807) is 13.0 Å². The lowest BCUT2D eigenvalue weighted by Gasteiger charge is -2.23. The standard InChI is InChI=1S/C12H14N2O4S/c1-7-12(15)13-10-5-4-9(6-11(10)18-7)19(16,17)14-8-2-3-8/h4-8,14H,2-3H2,1H3,(H,13,15). The molecule has 2 N–H and O–H groups in total. The molecule has 1 aromatic rings. The average molecular weight is 282 g/mol. The third kappa shape index (κ3) is 2.43. The summed E-state index contributed by atoms with van der Waals surface area (Å²) in [6.45, 7) is 1.61. The zero-order valence-corrected chi connectivity index (χ0v) is 11.2. The van der Waals surface area contributed by atoms with Gasteiger partial charge in [0.25, 0.3) is 5.91 Å². The summed E-state index contributed by atoms with van der Waals surface area (Å²) >= 11 is 0. The highest BCUT2D eigenvalue weighted by Gasteiger charge is 2.30. The largest absolute Gasteiger partial charge is 0.479 e. The summed E-state index contributed by atoms with van der Waals surface area (Å²) in [5.74, 6) is 0.144. The van der Waals surface area contributed by atoms with Gasteiger partial charge in [-0.25, -0.2) is 13.1 Å². The lowest BCUT2D eigenvalue weighted by atomic mass is 10.2. The number of nitrogens with one attached hydrogen (secondary N) is 2. The van der Waals surface area contributed by atoms with Gasteiger partial charge in [-0.05, 0) is 31.9 Å². The number of rotatable bonds is 3. The monoisotopic (exact) mass is 282 g/mol. The normalized spacial score (nSPS) is 22.4. The van der Waals surface area contributed by atoms with Crippen molar-refractivity contribution in [2.45, 2.75) is 36.8 Å². The number of benzene rings is 1. The number of fused-ring (bicyclic) bond motifs is 1. The van der Waals surface area contributed by atoms with Crippen molar-refractivity contribution in [1.29, 1.82) is 0 Å². The number of hydrogen-bond acceptors (Lipinski definition) is 4. The second-order valence-electron chi connectivity index (χ2n) is 4.80. The topological polar surface area (TPSA) is 84.5 Å². The first-order valence-electron chi connectivity index (χ1n) is 6.09. The Bertz CT molecular complexity index is 637. The van der Waals surface area contributed by atoms with Crippen LogP contribution in [0.3, 0.4) is 0 Å². The first kappa shape index (κ1) is 12.4. The highest BCUT2D eigenvalue weighted by Crippen LogP contribution is 2.32. The van der Waals surface area contributed by atoms with Crippen molar-refractivity contribution in [2.75, 3.05) is 5.32 Å². The summed E-state index contributed by atoms with van der Waals surface area (Å²) in [5, 5.41) is 2.66. The maximum absolute atomic E-state index is 12.1. The molecule has 1 aliphatic heterocycles. The highest BCUT2D eigenvalue weighted by atomic mass is 32.2. The fraction of sp³-hybridized carbons (Fsp3) is 0.417. The number of anilines is 1. The summed E-state index contributed by atoms with van der Waals surface area (Å²) in [4.78, 5) is 11.6. The Labute approximate surface area is 111 Å². The fourth-order valence-corrected chi connectivity index (χ4v) is 3.16. The Morgan fingerprint density at radius 3 is 2.79 bits per heavy atom. The summed E-state index contributed by atoms with van der Waals surface area (Å²) in [6, 6.07) is 4.50. The molecule has 0 bridgehead atoms. The van der Waals surface area contributed by atoms with Crippen LogP contribution in [0.2, 0.25) is 0 Å². The van der Waals surface area contributed by atoms with Gasteiger partial charge >= 0.3 is 0 Å². The van der Waals surface area contributed by atoms with Crippen LogP contribution in [-0.2, 0) is 14.8 Å². The molecule has 2 aliphatic rings. The van der Waals surface area contributed by atoms with Crippen LogP contribution < -0.4 is 14.8 Å². The summed E-state index contributed by atoms with van der Waals surface area (Å²) in [5.41, 5.74) is 0.494. The van der Waals surface area contributed by atoms with E-state index in [1.807, 2.05) is 0 Å². The lowest BCUT2D eigenvalue weighted by Crippen LogP contribution is -2.34. The molecule has 1 amide bonds. The molecule has 102 valence electrons. The van der Waals surface area contributed by atoms with Crippen LogP contribution in [0.4, 0.5) is 5.69 Å². The van der Waals surface area contributed by atoms with Gasteiger partial charge in [0.1, 0.15) is 5.75 Å². The van der Waals surface area contributed by atoms with Gasteiger partial charge in [-0.1, -0.05) is 0 Å². The number of amides is 1. The quantitative estimate of drug-likeness (QED) is 0.860. The SMILES string of the molecule is CC1Oc2cc(S(=O)(=O)NC3CC3)ccc2NC1=O. The van der Waals surface area contributed by atoms with Gasteiger partial charge in [0.2, 0.25) is 10.0 Å². The van der Waals surface area contributed by atoms with Crippen molar-refractivity contribution in [3.63, 3.8) is 0 Å². The first-order valence-corrected chi connectivity index (χ1v) is 7.58. The maximum Gasteiger partial charge on any atom is 0.265 e. The molecule has 0 spiro atoms. The zero-order chi connectivity index (χ0) is 13.6. The Hall–Kier alpha value is -1.60. The van der Waals surface area contributed by atoms with E-state index in [2.05, 4.69) is 10.0 Å². The van der Waals surface area contributed by atoms with E-state index in [1.165, 1.54) is 12.1 Å². The van der Waals surface area contributed by atoms with Crippen LogP contribution in [0.1, 0.15) is 19.8 Å². The molecule has 1 unspecified atom stereocenters. The number of hydrogen-bond donors (Lipinski definition) is 2. The minimum Gasteiger partial charge on any atom is -0.479 e. The summed E-state index contributed by atoms with van der Waals surface area (Å²) in [6.07, 6.45) is 1.14. The van der Waals surface area contributed by atoms with Crippen molar-refractivity contribution in [3.05, 3.63) is 18.2 Å². The molecule has 19 heavy (non-hydrogen) atoms. The average Bonchev–Trinajstić information content (AvgIpc) is 3.13. The molecule has 1 aliphatic carbocycles. The molecule has 0 radical (unpaired) electrons. The Kier molecular flexibility index (Phi) is 2.75. The van der Waals surface area contributed by atoms with Crippen LogP contribution in [0.25, 0.3) is 0 Å². The lowest BCUT2D eigenvalue weighted by molar-refractivity contribution is -0.122. The Balaban J connectivity index is 1.92. The van der Waals surface area contributed by atoms with Gasteiger partial charge < -0.3 is 10.1 Å². The van der Waals surface area contributed by atoms with Crippen LogP contribution in [0.5, 0.6) is 5.75 Å². The summed E-state index contributed by atoms with van der Waals surface area (Å²) in [7, 11) is -3.50. The first-order chi connectivity index (χ1) is 8.95. The van der Waals surface area contributed by atoms with Crippen molar-refractivity contribution in [2.24, 2.45) is 0 Å². The van der Waals surface area contributed by atoms with Gasteiger partial charge in [0.05, 0.1) is 10.6 Å². The molecule has 0 saturated heterocycles. The predicted octanol–water partition coefficient (Wildman–Crippen LogP) is 0.847. The van der Waals surface area contributed by atoms with E-state index in [0.717, 1.165) is 12.8 Å². The smallest absolute Gasteiger partial charge is 0.265 e. The van der Waals surface area contributed by atoms with Gasteiger partial charge in [-0.2, -0.15) is 0 Å². The van der Waals surface area contributed by atoms with Gasteiger partial charge in [-0.3, -0.25) is 4.79 Å². The molecule has 6 nitrogen and oxygen atoms in total. The van der Waals surface area contributed by atoms with Gasteiger partial charge in [-0.15, -0.1) is 0 Å². The van der Waals surface area contributed by atoms with Gasteiger partial charge in [0, 0.05) is 12.1 Å². The van der Waals surface area contributed by atoms with Crippen LogP contribution in [0.15, 0.2) is 23.1 Å². The Morgan fingerprint density at radius 1 is 1.37 bits per heavy atom. The highest BCUT2D eigenvalue weighted by molar-refractivity contribution is 7.89. The molecule has 7 heteroatoms. The molecule has 0 aromatic heterocycles. The van der Waals surface area contributed by atoms with Crippen molar-refractivity contribution in [1.82, 2.24) is 4.72 Å². The fourth-order valence-electron chi connectivity index (χ4n) is 1.84. The number of sulfonamides is 1. The molecule has 1 aromatic carbocycles. The van der Waals surface area contributed by atoms with E-state index in [4.69, 9.17) is 4.74 Å². The van der Waals surface area contributed by atoms with Crippen LogP contribution in [0, 0.1) is 0 Å². The maximum atomic E-state index is 12.1. The Morgan fingerprint density at radius 2 is 2.11 bits per heavy atom. The molecular formula is C12H14N2O4S. The predicted molar refractivity (Wildman–Crippen MR) is 68.5 cm³/mol. The molecular weight excluding hydrogens is 268 g/mol. The number of carbonyl (C=O) groups excluding carboxylic acids is 1. The van der Waals surface area contributed by atoms with E-state index >= 15 is 0 Å². The van der Waals surface area contributed by atoms with Crippen molar-refractivity contribution < 1.29 is 17.9 Å². The minimum absolute atomic E-state index is 0.0561. The molecule has 1 fully saturated rings. The third-order valence-corrected chi connectivity index (χ3v) is 4.61. The second kappa shape index (κ2) is 4.21. The number of carbonyl (C=O) groups is 1. The summed E-state index contributed by atoms with van der Waals surface area (Å²) < 4.78 is 32.1. The second-order valence-corrected chi connectivity index (χ2v) is 6.52. The minimum atomic E-state index is -3.50. The van der Waals surface area contributed by atoms with Crippen molar-refractivity contribution >= 4 is 21.6 Å². The van der Waals surface area contributed by atoms with E-state index in [0.29, 0.717) is 11.4 Å². The number of ether oxygens (including phenoxy) is 1. The molecule has 3 rings (SSSR count). The van der Waals surface area contributed by atoms with E-state index in [-0.39, 0.29) is 16.8 Å². The zero-order valence-electron chi connectivity index (χ0n) is 10.3. The van der Waals surface area contributed by atoms with Crippen LogP contribution in [-0.4, -0.2) is 26.5 Å². The van der Waals surface area contributed by atoms with Crippen LogP contribution >= 0.6 is 0 Å². The molecule has 1 atom stereocenters. The molecule has 1 saturated carbocycles. The van der Waals surface area contributed by atoms with E-state index < -0.39 is 16.1 Å². The van der Waals surface area contributed by atoms with E-state index in [9.17, 15) is 13.2 Å². The third-order valence-electron chi connectivity index (χ3n) is 3.09. The van der Waals surface area contributed by atoms with Gasteiger partial charge in [0.15, 0.2) is 6.10 Å². The van der Waals surface area contributed by atoms with Crippen molar-refractivity contribution in [3.8, 4) is 5.75 Å². The molecule has 1 heterocycles.